The first-order valence-corrected chi connectivity index (χ1v) is 3.65. The van der Waals surface area contributed by atoms with E-state index in [0.717, 1.165) is 0 Å². The van der Waals surface area contributed by atoms with E-state index in [-0.39, 0.29) is 0 Å². The molecule has 0 radical (unpaired) electrons. The van der Waals surface area contributed by atoms with Crippen LogP contribution in [0.3, 0.4) is 0 Å². The minimum atomic E-state index is -2.63. The van der Waals surface area contributed by atoms with Crippen molar-refractivity contribution < 1.29 is 9.46 Å². The van der Waals surface area contributed by atoms with E-state index >= 15 is 0 Å². The lowest BCUT2D eigenvalue weighted by Gasteiger charge is -1.62. The Labute approximate surface area is 63.5 Å². The molecular weight excluding hydrogens is 149 g/mol. The molecule has 0 heterocycles. The van der Waals surface area contributed by atoms with Gasteiger partial charge in [-0.1, -0.05) is 0 Å². The lowest BCUT2D eigenvalue weighted by molar-refractivity contribution is 0.504. The lowest BCUT2D eigenvalue weighted by Crippen LogP contribution is -1.68. The van der Waals surface area contributed by atoms with E-state index in [1.165, 1.54) is 0 Å². The number of hydrogen-bond acceptors (Lipinski definition) is 1. The van der Waals surface area contributed by atoms with Crippen LogP contribution in [-0.4, -0.2) is 4.89 Å². The third kappa shape index (κ3) is 753. The maximum Gasteiger partial charge on any atom is 0.253 e. The van der Waals surface area contributed by atoms with Crippen LogP contribution in [0.15, 0.2) is 39.5 Å². The zero-order valence-electron chi connectivity index (χ0n) is 6.18. The highest BCUT2D eigenvalue weighted by atomic mass is 31.1. The molecule has 0 bridgehead atoms. The topological polar surface area (TPSA) is 63.3 Å². The smallest absolute Gasteiger partial charge is 0.253 e. The van der Waals surface area contributed by atoms with Crippen molar-refractivity contribution in [3.05, 3.63) is 39.5 Å². The molecule has 0 spiro atoms. The van der Waals surface area contributed by atoms with E-state index in [9.17, 15) is 0 Å². The molecular formula is C6H16NO2P. The average molecular weight is 165 g/mol. The normalized spacial score (nSPS) is 7.40. The summed E-state index contributed by atoms with van der Waals surface area (Å²) < 4.78 is 8.96. The molecule has 1 unspecified atom stereocenters. The SMILES string of the molecule is C=C.C=C.C=C.N[PH](=O)O. The van der Waals surface area contributed by atoms with Gasteiger partial charge in [-0.2, -0.15) is 0 Å². The van der Waals surface area contributed by atoms with Crippen LogP contribution in [0.1, 0.15) is 0 Å². The largest absolute Gasteiger partial charge is 0.336 e. The fourth-order valence-corrected chi connectivity index (χ4v) is 0. The molecule has 0 fully saturated rings. The Balaban J connectivity index is -0.0000000262. The van der Waals surface area contributed by atoms with Crippen molar-refractivity contribution in [2.24, 2.45) is 5.50 Å². The first kappa shape index (κ1) is 22.8. The van der Waals surface area contributed by atoms with E-state index in [0.29, 0.717) is 0 Å². The van der Waals surface area contributed by atoms with Gasteiger partial charge >= 0.3 is 0 Å². The second kappa shape index (κ2) is 80.9. The Morgan fingerprint density at radius 1 is 1.00 bits per heavy atom. The summed E-state index contributed by atoms with van der Waals surface area (Å²) in [6.45, 7) is 18.0. The summed E-state index contributed by atoms with van der Waals surface area (Å²) in [5, 5.41) is 0. The van der Waals surface area contributed by atoms with Crippen LogP contribution >= 0.6 is 8.18 Å². The van der Waals surface area contributed by atoms with Crippen LogP contribution in [0.25, 0.3) is 0 Å². The van der Waals surface area contributed by atoms with Crippen LogP contribution in [0.4, 0.5) is 0 Å². The minimum absolute atomic E-state index is 2.63. The summed E-state index contributed by atoms with van der Waals surface area (Å²) in [5.74, 6) is 0. The van der Waals surface area contributed by atoms with Crippen molar-refractivity contribution >= 4 is 8.18 Å². The van der Waals surface area contributed by atoms with Crippen LogP contribution in [0.5, 0.6) is 0 Å². The Hall–Kier alpha value is -0.630. The Bertz CT molecular complexity index is 60.0. The van der Waals surface area contributed by atoms with Crippen LogP contribution in [0.2, 0.25) is 0 Å². The quantitative estimate of drug-likeness (QED) is 0.424. The standard InChI is InChI=1S/3C2H4.H4NO2P/c3*1-2;1-4(2)3/h3*1-2H2;4H,(H3,1,2,3). The van der Waals surface area contributed by atoms with Crippen molar-refractivity contribution in [3.8, 4) is 0 Å². The molecule has 0 aliphatic heterocycles. The van der Waals surface area contributed by atoms with E-state index in [4.69, 9.17) is 9.46 Å². The molecule has 0 amide bonds. The zero-order chi connectivity index (χ0) is 9.58. The molecule has 0 aromatic rings. The highest BCUT2D eigenvalue weighted by molar-refractivity contribution is 7.35. The van der Waals surface area contributed by atoms with Gasteiger partial charge < -0.3 is 4.89 Å². The van der Waals surface area contributed by atoms with Crippen molar-refractivity contribution in [3.63, 3.8) is 0 Å². The highest BCUT2D eigenvalue weighted by Gasteiger charge is 1.58. The van der Waals surface area contributed by atoms with Gasteiger partial charge in [0.2, 0.25) is 0 Å². The predicted molar refractivity (Wildman–Crippen MR) is 49.2 cm³/mol. The van der Waals surface area contributed by atoms with E-state index in [1.54, 1.807) is 0 Å². The molecule has 0 aliphatic carbocycles. The Morgan fingerprint density at radius 3 is 1.00 bits per heavy atom. The monoisotopic (exact) mass is 165 g/mol. The van der Waals surface area contributed by atoms with Crippen molar-refractivity contribution in [2.75, 3.05) is 0 Å². The number of nitrogens with two attached hydrogens (primary N) is 1. The number of hydrogen-bond donors (Lipinski definition) is 2. The molecule has 4 heteroatoms. The summed E-state index contributed by atoms with van der Waals surface area (Å²) in [4.78, 5) is 7.38. The van der Waals surface area contributed by atoms with Gasteiger partial charge in [-0.3, -0.25) is 10.1 Å². The summed E-state index contributed by atoms with van der Waals surface area (Å²) in [5.41, 5.74) is 4.21. The second-order valence-electron chi connectivity index (χ2n) is 0.338. The number of rotatable bonds is 0. The predicted octanol–water partition coefficient (Wildman–Crippen LogP) is 1.73. The van der Waals surface area contributed by atoms with Gasteiger partial charge in [-0.15, -0.1) is 39.5 Å². The first-order chi connectivity index (χ1) is 4.73. The molecule has 0 rings (SSSR count). The van der Waals surface area contributed by atoms with Gasteiger partial charge in [0.15, 0.2) is 0 Å². The molecule has 0 saturated carbocycles. The second-order valence-corrected chi connectivity index (χ2v) is 1.01. The molecule has 62 valence electrons. The van der Waals surface area contributed by atoms with E-state index in [2.05, 4.69) is 45.0 Å². The molecule has 0 saturated heterocycles. The molecule has 3 nitrogen and oxygen atoms in total. The fraction of sp³-hybridized carbons (Fsp3) is 0. The molecule has 0 aromatic heterocycles. The van der Waals surface area contributed by atoms with Gasteiger partial charge in [0.05, 0.1) is 0 Å². The van der Waals surface area contributed by atoms with E-state index in [1.807, 2.05) is 0 Å². The Kier molecular flexibility index (Phi) is 184. The van der Waals surface area contributed by atoms with E-state index < -0.39 is 8.18 Å². The fourth-order valence-electron chi connectivity index (χ4n) is 0. The third-order valence-corrected chi connectivity index (χ3v) is 0. The van der Waals surface area contributed by atoms with Crippen LogP contribution < -0.4 is 5.50 Å². The van der Waals surface area contributed by atoms with Crippen molar-refractivity contribution in [1.82, 2.24) is 0 Å². The van der Waals surface area contributed by atoms with Gasteiger partial charge in [-0.05, 0) is 0 Å². The molecule has 0 aromatic carbocycles. The summed E-state index contributed by atoms with van der Waals surface area (Å²) in [7, 11) is -2.63. The van der Waals surface area contributed by atoms with Gasteiger partial charge in [0.1, 0.15) is 0 Å². The van der Waals surface area contributed by atoms with Crippen LogP contribution in [-0.2, 0) is 4.57 Å². The zero-order valence-corrected chi connectivity index (χ0v) is 7.18. The average Bonchev–Trinajstić information content (AvgIpc) is 1.98. The molecule has 3 N–H and O–H groups in total. The Morgan fingerprint density at radius 2 is 1.00 bits per heavy atom. The third-order valence-electron chi connectivity index (χ3n) is 0. The minimum Gasteiger partial charge on any atom is -0.336 e. The summed E-state index contributed by atoms with van der Waals surface area (Å²) in [6, 6.07) is 0. The van der Waals surface area contributed by atoms with Crippen molar-refractivity contribution in [1.29, 1.82) is 0 Å². The summed E-state index contributed by atoms with van der Waals surface area (Å²) in [6.07, 6.45) is 0. The molecule has 1 atom stereocenters. The van der Waals surface area contributed by atoms with Crippen molar-refractivity contribution in [2.45, 2.75) is 0 Å². The highest BCUT2D eigenvalue weighted by Crippen LogP contribution is 1.91. The van der Waals surface area contributed by atoms with Gasteiger partial charge in [0.25, 0.3) is 8.18 Å². The maximum absolute atomic E-state index is 8.96. The maximum atomic E-state index is 8.96. The van der Waals surface area contributed by atoms with Gasteiger partial charge in [0, 0.05) is 0 Å². The molecule has 10 heavy (non-hydrogen) atoms. The summed E-state index contributed by atoms with van der Waals surface area (Å²) >= 11 is 0. The van der Waals surface area contributed by atoms with Crippen LogP contribution in [0, 0.1) is 0 Å². The van der Waals surface area contributed by atoms with Gasteiger partial charge in [-0.25, -0.2) is 0 Å². The first-order valence-electron chi connectivity index (χ1n) is 2.22. The lowest BCUT2D eigenvalue weighted by atomic mass is 11.3. The molecule has 0 aliphatic rings.